The second kappa shape index (κ2) is 7.96. The zero-order valence-electron chi connectivity index (χ0n) is 19.7. The molecule has 0 aliphatic heterocycles. The maximum atomic E-state index is 13.7. The molecule has 0 spiro atoms. The van der Waals surface area contributed by atoms with E-state index < -0.39 is 52.0 Å². The van der Waals surface area contributed by atoms with Gasteiger partial charge in [-0.3, -0.25) is 14.4 Å². The third-order valence-electron chi connectivity index (χ3n) is 7.59. The fraction of sp³-hybridized carbons (Fsp3) is 0.296. The first-order valence-electron chi connectivity index (χ1n) is 11.5. The van der Waals surface area contributed by atoms with Crippen LogP contribution in [0.3, 0.4) is 0 Å². The number of carbonyl (C=O) groups excluding carboxylic acids is 3. The van der Waals surface area contributed by atoms with Crippen molar-refractivity contribution in [1.29, 1.82) is 0 Å². The highest BCUT2D eigenvalue weighted by atomic mass is 16.5. The van der Waals surface area contributed by atoms with Gasteiger partial charge in [-0.2, -0.15) is 0 Å². The number of primary amides is 1. The molecule has 3 atom stereocenters. The van der Waals surface area contributed by atoms with Crippen LogP contribution < -0.4 is 10.5 Å². The number of ketones is 2. The molecule has 0 saturated carbocycles. The number of allylic oxidation sites excluding steroid dienone is 2. The van der Waals surface area contributed by atoms with Crippen LogP contribution in [0.25, 0.3) is 11.1 Å². The standard InChI is InChI=1S/C27H25NO8/c1-11-3-6-19(36-2)15(7-11)14-4-5-17(29)21-16(14)9-12-8-13-10-18(30)22(26(28)34)25(33)27(13,35)24(32)20(12)23(21)31/h3-7,12-13,29-30,32,35H,8-10H2,1-2H3,(H2,28,34)/t12-,13+,27+/m1/s1. The molecule has 0 radical (unpaired) electrons. The molecule has 0 fully saturated rings. The first kappa shape index (κ1) is 23.6. The average Bonchev–Trinajstić information content (AvgIpc) is 2.81. The van der Waals surface area contributed by atoms with Gasteiger partial charge in [0.25, 0.3) is 5.91 Å². The van der Waals surface area contributed by atoms with E-state index in [1.165, 1.54) is 13.2 Å². The number of fused-ring (bicyclic) bond motifs is 3. The Hall–Kier alpha value is -4.11. The molecule has 36 heavy (non-hydrogen) atoms. The molecular weight excluding hydrogens is 466 g/mol. The molecule has 9 nitrogen and oxygen atoms in total. The largest absolute Gasteiger partial charge is 0.511 e. The Balaban J connectivity index is 1.71. The zero-order valence-corrected chi connectivity index (χ0v) is 19.7. The van der Waals surface area contributed by atoms with Gasteiger partial charge in [0.1, 0.15) is 28.6 Å². The van der Waals surface area contributed by atoms with E-state index in [0.29, 0.717) is 16.9 Å². The lowest BCUT2D eigenvalue weighted by Gasteiger charge is -2.45. The van der Waals surface area contributed by atoms with Crippen LogP contribution in [0.5, 0.6) is 11.5 Å². The first-order valence-corrected chi connectivity index (χ1v) is 11.5. The molecule has 0 unspecified atom stereocenters. The van der Waals surface area contributed by atoms with Crippen LogP contribution in [0.1, 0.15) is 34.3 Å². The molecule has 0 aromatic heterocycles. The summed E-state index contributed by atoms with van der Waals surface area (Å²) in [7, 11) is 1.54. The zero-order chi connectivity index (χ0) is 26.1. The number of aliphatic hydroxyl groups excluding tert-OH is 2. The molecule has 2 aromatic carbocycles. The molecule has 0 saturated heterocycles. The molecule has 0 heterocycles. The number of benzene rings is 2. The maximum Gasteiger partial charge on any atom is 0.255 e. The van der Waals surface area contributed by atoms with Crippen molar-refractivity contribution >= 4 is 17.5 Å². The molecule has 6 N–H and O–H groups in total. The van der Waals surface area contributed by atoms with Crippen LogP contribution >= 0.6 is 0 Å². The van der Waals surface area contributed by atoms with E-state index in [1.54, 1.807) is 6.07 Å². The Morgan fingerprint density at radius 2 is 1.81 bits per heavy atom. The van der Waals surface area contributed by atoms with Crippen LogP contribution in [-0.2, 0) is 16.0 Å². The number of amides is 1. The van der Waals surface area contributed by atoms with Crippen LogP contribution in [-0.4, -0.2) is 50.6 Å². The summed E-state index contributed by atoms with van der Waals surface area (Å²) < 4.78 is 5.53. The van der Waals surface area contributed by atoms with Gasteiger partial charge in [-0.15, -0.1) is 0 Å². The van der Waals surface area contributed by atoms with E-state index in [9.17, 15) is 34.8 Å². The number of aliphatic hydroxyl groups is 3. The Labute approximate surface area is 206 Å². The minimum atomic E-state index is -2.58. The van der Waals surface area contributed by atoms with Crippen LogP contribution in [0.2, 0.25) is 0 Å². The second-order valence-corrected chi connectivity index (χ2v) is 9.60. The number of hydrogen-bond donors (Lipinski definition) is 5. The molecule has 1 amide bonds. The van der Waals surface area contributed by atoms with Crippen molar-refractivity contribution in [2.75, 3.05) is 7.11 Å². The normalized spacial score (nSPS) is 25.3. The van der Waals surface area contributed by atoms with Crippen LogP contribution in [0.15, 0.2) is 53.0 Å². The van der Waals surface area contributed by atoms with Crippen molar-refractivity contribution in [1.82, 2.24) is 0 Å². The summed E-state index contributed by atoms with van der Waals surface area (Å²) in [6.07, 6.45) is 0.0200. The van der Waals surface area contributed by atoms with Crippen molar-refractivity contribution < 1.29 is 39.5 Å². The van der Waals surface area contributed by atoms with Gasteiger partial charge < -0.3 is 30.9 Å². The molecule has 3 aliphatic carbocycles. The number of hydrogen-bond acceptors (Lipinski definition) is 8. The van der Waals surface area contributed by atoms with E-state index in [1.807, 2.05) is 25.1 Å². The minimum Gasteiger partial charge on any atom is -0.511 e. The number of carbonyl (C=O) groups is 3. The maximum absolute atomic E-state index is 13.7. The van der Waals surface area contributed by atoms with Gasteiger partial charge in [-0.05, 0) is 55.0 Å². The second-order valence-electron chi connectivity index (χ2n) is 9.60. The molecule has 2 aromatic rings. The highest BCUT2D eigenvalue weighted by Crippen LogP contribution is 2.52. The van der Waals surface area contributed by atoms with Gasteiger partial charge >= 0.3 is 0 Å². The summed E-state index contributed by atoms with van der Waals surface area (Å²) in [5.41, 5.74) is 4.54. The van der Waals surface area contributed by atoms with Gasteiger partial charge in [-0.25, -0.2) is 0 Å². The number of Topliss-reactive ketones (excluding diaryl/α,β-unsaturated/α-hetero) is 2. The quantitative estimate of drug-likeness (QED) is 0.408. The Kier molecular flexibility index (Phi) is 5.22. The van der Waals surface area contributed by atoms with Crippen molar-refractivity contribution in [2.45, 2.75) is 31.8 Å². The van der Waals surface area contributed by atoms with Crippen LogP contribution in [0, 0.1) is 18.8 Å². The Morgan fingerprint density at radius 3 is 2.47 bits per heavy atom. The van der Waals surface area contributed by atoms with Crippen molar-refractivity contribution in [2.24, 2.45) is 17.6 Å². The number of aryl methyl sites for hydroxylation is 1. The number of aromatic hydroxyl groups is 1. The number of rotatable bonds is 3. The predicted octanol–water partition coefficient (Wildman–Crippen LogP) is 2.56. The summed E-state index contributed by atoms with van der Waals surface area (Å²) in [5, 5.41) is 43.4. The number of ether oxygens (including phenoxy) is 1. The minimum absolute atomic E-state index is 0.0346. The molecule has 186 valence electrons. The third-order valence-corrected chi connectivity index (χ3v) is 7.59. The molecular formula is C27H25NO8. The summed E-state index contributed by atoms with van der Waals surface area (Å²) in [6.45, 7) is 1.92. The summed E-state index contributed by atoms with van der Waals surface area (Å²) in [4.78, 5) is 38.5. The lowest BCUT2D eigenvalue weighted by Crippen LogP contribution is -2.57. The van der Waals surface area contributed by atoms with E-state index in [0.717, 1.165) is 11.1 Å². The van der Waals surface area contributed by atoms with Gasteiger partial charge in [0.15, 0.2) is 11.4 Å². The predicted molar refractivity (Wildman–Crippen MR) is 128 cm³/mol. The molecule has 3 aliphatic rings. The smallest absolute Gasteiger partial charge is 0.255 e. The summed E-state index contributed by atoms with van der Waals surface area (Å²) >= 11 is 0. The topological polar surface area (TPSA) is 167 Å². The third kappa shape index (κ3) is 3.09. The highest BCUT2D eigenvalue weighted by Gasteiger charge is 2.59. The summed E-state index contributed by atoms with van der Waals surface area (Å²) in [5.74, 6) is -5.93. The van der Waals surface area contributed by atoms with E-state index >= 15 is 0 Å². The lowest BCUT2D eigenvalue weighted by molar-refractivity contribution is -0.144. The van der Waals surface area contributed by atoms with Gasteiger partial charge in [0.05, 0.1) is 12.7 Å². The number of phenolic OH excluding ortho intramolecular Hbond substituents is 1. The molecule has 0 bridgehead atoms. The van der Waals surface area contributed by atoms with Crippen molar-refractivity contribution in [3.8, 4) is 22.6 Å². The van der Waals surface area contributed by atoms with Gasteiger partial charge in [0, 0.05) is 23.5 Å². The monoisotopic (exact) mass is 491 g/mol. The fourth-order valence-corrected chi connectivity index (χ4v) is 5.90. The summed E-state index contributed by atoms with van der Waals surface area (Å²) in [6, 6.07) is 8.69. The lowest BCUT2D eigenvalue weighted by atomic mass is 9.60. The Morgan fingerprint density at radius 1 is 1.08 bits per heavy atom. The average molecular weight is 491 g/mol. The van der Waals surface area contributed by atoms with Gasteiger partial charge in [-0.1, -0.05) is 17.7 Å². The van der Waals surface area contributed by atoms with E-state index in [-0.39, 0.29) is 36.1 Å². The van der Waals surface area contributed by atoms with Gasteiger partial charge in [0.2, 0.25) is 5.78 Å². The van der Waals surface area contributed by atoms with Crippen molar-refractivity contribution in [3.05, 3.63) is 69.7 Å². The molecule has 5 rings (SSSR count). The van der Waals surface area contributed by atoms with Crippen LogP contribution in [0.4, 0.5) is 0 Å². The Bertz CT molecular complexity index is 1440. The van der Waals surface area contributed by atoms with E-state index in [2.05, 4.69) is 0 Å². The first-order chi connectivity index (χ1) is 17.0. The number of nitrogens with two attached hydrogens (primary N) is 1. The number of methoxy groups -OCH3 is 1. The number of phenols is 1. The fourth-order valence-electron chi connectivity index (χ4n) is 5.90. The molecule has 9 heteroatoms. The van der Waals surface area contributed by atoms with Crippen molar-refractivity contribution in [3.63, 3.8) is 0 Å². The highest BCUT2D eigenvalue weighted by molar-refractivity contribution is 6.24. The SMILES string of the molecule is COc1ccc(C)cc1-c1ccc(O)c2c1C[C@H]1C[C@H]3CC(O)=C(C(N)=O)C(=O)[C@@]3(O)C(O)=C1C2=O. The van der Waals surface area contributed by atoms with E-state index in [4.69, 9.17) is 10.5 Å².